The van der Waals surface area contributed by atoms with Gasteiger partial charge in [0.25, 0.3) is 0 Å². The number of hydrogen-bond acceptors (Lipinski definition) is 2. The largest absolute Gasteiger partial charge is 0.377 e. The van der Waals surface area contributed by atoms with Gasteiger partial charge in [-0.3, -0.25) is 4.57 Å². The van der Waals surface area contributed by atoms with Crippen LogP contribution in [0, 0.1) is 0 Å². The fourth-order valence-corrected chi connectivity index (χ4v) is 2.40. The summed E-state index contributed by atoms with van der Waals surface area (Å²) in [5, 5.41) is 1.87. The van der Waals surface area contributed by atoms with Crippen LogP contribution in [0.3, 0.4) is 0 Å². The molecule has 0 saturated heterocycles. The molecule has 0 bridgehead atoms. The number of rotatable bonds is 2. The molecule has 0 saturated carbocycles. The maximum absolute atomic E-state index is 11.2. The Morgan fingerprint density at radius 1 is 1.12 bits per heavy atom. The van der Waals surface area contributed by atoms with Gasteiger partial charge in [-0.25, -0.2) is 0 Å². The van der Waals surface area contributed by atoms with Crippen molar-refractivity contribution in [1.82, 2.24) is 0 Å². The van der Waals surface area contributed by atoms with Gasteiger partial charge in [0.2, 0.25) is 0 Å². The van der Waals surface area contributed by atoms with Crippen molar-refractivity contribution in [2.24, 2.45) is 0 Å². The van der Waals surface area contributed by atoms with Gasteiger partial charge < -0.3 is 14.7 Å². The second kappa shape index (κ2) is 4.15. The van der Waals surface area contributed by atoms with Gasteiger partial charge in [-0.15, -0.1) is 0 Å². The van der Waals surface area contributed by atoms with E-state index in [-0.39, 0.29) is 5.30 Å². The van der Waals surface area contributed by atoms with Crippen LogP contribution in [0.5, 0.6) is 0 Å². The monoisotopic (exact) mass is 251 g/mol. The summed E-state index contributed by atoms with van der Waals surface area (Å²) >= 11 is 0. The van der Waals surface area contributed by atoms with E-state index in [9.17, 15) is 4.57 Å². The minimum atomic E-state index is -4.17. The van der Waals surface area contributed by atoms with E-state index in [1.165, 1.54) is 6.07 Å². The molecule has 5 heteroatoms. The average Bonchev–Trinajstić information content (AvgIpc) is 2.26. The molecule has 2 aromatic carbocycles. The van der Waals surface area contributed by atoms with Crippen molar-refractivity contribution in [2.75, 3.05) is 19.0 Å². The fraction of sp³-hybridized carbons (Fsp3) is 0.167. The Bertz CT molecular complexity index is 604. The van der Waals surface area contributed by atoms with Gasteiger partial charge in [0.15, 0.2) is 0 Å². The van der Waals surface area contributed by atoms with Gasteiger partial charge in [-0.2, -0.15) is 0 Å². The van der Waals surface area contributed by atoms with Crippen LogP contribution in [0.4, 0.5) is 5.69 Å². The average molecular weight is 251 g/mol. The van der Waals surface area contributed by atoms with Crippen LogP contribution in [0.15, 0.2) is 36.4 Å². The first kappa shape index (κ1) is 12.1. The predicted molar refractivity (Wildman–Crippen MR) is 70.0 cm³/mol. The smallest absolute Gasteiger partial charge is 0.356 e. The van der Waals surface area contributed by atoms with E-state index < -0.39 is 7.60 Å². The molecule has 2 N–H and O–H groups in total. The number of anilines is 1. The van der Waals surface area contributed by atoms with E-state index in [1.807, 2.05) is 37.2 Å². The van der Waals surface area contributed by atoms with Crippen molar-refractivity contribution < 1.29 is 14.4 Å². The summed E-state index contributed by atoms with van der Waals surface area (Å²) in [4.78, 5) is 20.2. The van der Waals surface area contributed by atoms with Gasteiger partial charge >= 0.3 is 7.60 Å². The molecule has 4 nitrogen and oxygen atoms in total. The lowest BCUT2D eigenvalue weighted by Gasteiger charge is -2.16. The molecule has 0 radical (unpaired) electrons. The Morgan fingerprint density at radius 2 is 1.82 bits per heavy atom. The maximum Gasteiger partial charge on any atom is 0.356 e. The molecule has 0 aliphatic carbocycles. The molecule has 0 unspecified atom stereocenters. The zero-order valence-electron chi connectivity index (χ0n) is 9.66. The molecule has 17 heavy (non-hydrogen) atoms. The summed E-state index contributed by atoms with van der Waals surface area (Å²) in [6, 6.07) is 10.5. The fourth-order valence-electron chi connectivity index (χ4n) is 1.83. The zero-order valence-corrected chi connectivity index (χ0v) is 10.6. The molecule has 0 amide bonds. The Morgan fingerprint density at radius 3 is 2.41 bits per heavy atom. The Balaban J connectivity index is 2.69. The molecular weight excluding hydrogens is 237 g/mol. The van der Waals surface area contributed by atoms with E-state index in [1.54, 1.807) is 12.1 Å². The molecule has 0 fully saturated rings. The van der Waals surface area contributed by atoms with Crippen LogP contribution in [-0.2, 0) is 4.57 Å². The van der Waals surface area contributed by atoms with E-state index in [2.05, 4.69) is 0 Å². The summed E-state index contributed by atoms with van der Waals surface area (Å²) in [5.74, 6) is 0. The summed E-state index contributed by atoms with van der Waals surface area (Å²) in [7, 11) is -0.303. The molecule has 90 valence electrons. The van der Waals surface area contributed by atoms with Crippen LogP contribution < -0.4 is 10.2 Å². The van der Waals surface area contributed by atoms with Crippen LogP contribution in [-0.4, -0.2) is 23.9 Å². The zero-order chi connectivity index (χ0) is 12.6. The normalized spacial score (nSPS) is 11.8. The third-order valence-electron chi connectivity index (χ3n) is 2.66. The molecule has 0 aliphatic heterocycles. The first-order valence-electron chi connectivity index (χ1n) is 5.16. The minimum Gasteiger partial charge on any atom is -0.377 e. The van der Waals surface area contributed by atoms with Gasteiger partial charge in [0.1, 0.15) is 0 Å². The third-order valence-corrected chi connectivity index (χ3v) is 3.61. The maximum atomic E-state index is 11.2. The third kappa shape index (κ3) is 2.34. The second-order valence-corrected chi connectivity index (χ2v) is 5.73. The lowest BCUT2D eigenvalue weighted by molar-refractivity contribution is 0.387. The molecule has 2 rings (SSSR count). The molecule has 0 aliphatic rings. The van der Waals surface area contributed by atoms with Crippen molar-refractivity contribution in [3.05, 3.63) is 36.4 Å². The summed E-state index contributed by atoms with van der Waals surface area (Å²) in [6.07, 6.45) is 0. The highest BCUT2D eigenvalue weighted by molar-refractivity contribution is 7.60. The van der Waals surface area contributed by atoms with Gasteiger partial charge in [-0.1, -0.05) is 18.2 Å². The van der Waals surface area contributed by atoms with Crippen LogP contribution in [0.2, 0.25) is 0 Å². The van der Waals surface area contributed by atoms with Crippen molar-refractivity contribution in [2.45, 2.75) is 0 Å². The molecule has 0 aromatic heterocycles. The number of benzene rings is 2. The molecule has 0 spiro atoms. The number of hydrogen-bond donors (Lipinski definition) is 2. The minimum absolute atomic E-state index is 0.0564. The molecule has 0 atom stereocenters. The summed E-state index contributed by atoms with van der Waals surface area (Å²) in [6.45, 7) is 0. The van der Waals surface area contributed by atoms with E-state index in [0.29, 0.717) is 0 Å². The molecular formula is C12H14NO3P. The lowest BCUT2D eigenvalue weighted by Crippen LogP contribution is -2.09. The first-order valence-corrected chi connectivity index (χ1v) is 6.77. The first-order chi connectivity index (χ1) is 7.89. The van der Waals surface area contributed by atoms with Crippen molar-refractivity contribution in [3.63, 3.8) is 0 Å². The standard InChI is InChI=1S/C12H14NO3P/c1-13(2)12-5-3-4-9-8-10(17(14,15)16)6-7-11(9)12/h3-8H,1-2H3,(H2,14,15,16). The van der Waals surface area contributed by atoms with E-state index in [0.717, 1.165) is 16.5 Å². The van der Waals surface area contributed by atoms with Crippen molar-refractivity contribution in [3.8, 4) is 0 Å². The highest BCUT2D eigenvalue weighted by atomic mass is 31.2. The highest BCUT2D eigenvalue weighted by Gasteiger charge is 2.17. The summed E-state index contributed by atoms with van der Waals surface area (Å²) < 4.78 is 11.2. The van der Waals surface area contributed by atoms with Gasteiger partial charge in [0, 0.05) is 25.2 Å². The summed E-state index contributed by atoms with van der Waals surface area (Å²) in [5.41, 5.74) is 1.03. The van der Waals surface area contributed by atoms with Crippen molar-refractivity contribution >= 4 is 29.4 Å². The van der Waals surface area contributed by atoms with Crippen LogP contribution >= 0.6 is 7.60 Å². The van der Waals surface area contributed by atoms with E-state index in [4.69, 9.17) is 9.79 Å². The van der Waals surface area contributed by atoms with Crippen molar-refractivity contribution in [1.29, 1.82) is 0 Å². The Labute approximate surface area is 99.7 Å². The second-order valence-electron chi connectivity index (χ2n) is 4.12. The Hall–Kier alpha value is -1.35. The SMILES string of the molecule is CN(C)c1cccc2cc(P(=O)(O)O)ccc12. The number of nitrogens with zero attached hydrogens (tertiary/aromatic N) is 1. The predicted octanol–water partition coefficient (Wildman–Crippen LogP) is 1.71. The van der Waals surface area contributed by atoms with Crippen LogP contribution in [0.1, 0.15) is 0 Å². The lowest BCUT2D eigenvalue weighted by atomic mass is 10.1. The number of fused-ring (bicyclic) bond motifs is 1. The highest BCUT2D eigenvalue weighted by Crippen LogP contribution is 2.35. The quantitative estimate of drug-likeness (QED) is 0.798. The Kier molecular flexibility index (Phi) is 2.96. The molecule has 0 heterocycles. The van der Waals surface area contributed by atoms with Crippen LogP contribution in [0.25, 0.3) is 10.8 Å². The van der Waals surface area contributed by atoms with E-state index >= 15 is 0 Å². The van der Waals surface area contributed by atoms with Gasteiger partial charge in [-0.05, 0) is 23.6 Å². The molecule has 2 aromatic rings. The topological polar surface area (TPSA) is 60.8 Å². The van der Waals surface area contributed by atoms with Gasteiger partial charge in [0.05, 0.1) is 5.30 Å².